The molecule has 4 rings (SSSR count). The number of carbonyl (C=O) groups excluding carboxylic acids is 3. The van der Waals surface area contributed by atoms with Crippen molar-refractivity contribution in [3.05, 3.63) is 94.8 Å². The van der Waals surface area contributed by atoms with Crippen LogP contribution in [0.4, 0.5) is 10.1 Å². The second kappa shape index (κ2) is 11.0. The van der Waals surface area contributed by atoms with Gasteiger partial charge in [-0.05, 0) is 48.5 Å². The lowest BCUT2D eigenvalue weighted by molar-refractivity contribution is -0.118. The zero-order valence-corrected chi connectivity index (χ0v) is 19.5. The normalized spacial score (nSPS) is 13.3. The molecule has 1 saturated heterocycles. The van der Waals surface area contributed by atoms with Crippen molar-refractivity contribution in [2.75, 3.05) is 38.1 Å². The molecule has 0 aromatic heterocycles. The summed E-state index contributed by atoms with van der Waals surface area (Å²) in [6, 6.07) is 19.1. The Labute approximate surface area is 207 Å². The summed E-state index contributed by atoms with van der Waals surface area (Å²) in [6.07, 6.45) is 0. The van der Waals surface area contributed by atoms with Gasteiger partial charge in [0.2, 0.25) is 0 Å². The Morgan fingerprint density at radius 1 is 0.829 bits per heavy atom. The van der Waals surface area contributed by atoms with Crippen LogP contribution in [0.1, 0.15) is 20.7 Å². The fourth-order valence-electron chi connectivity index (χ4n) is 3.72. The van der Waals surface area contributed by atoms with E-state index in [-0.39, 0.29) is 29.9 Å². The van der Waals surface area contributed by atoms with E-state index in [1.165, 1.54) is 18.2 Å². The minimum Gasteiger partial charge on any atom is -0.483 e. The third-order valence-electron chi connectivity index (χ3n) is 5.57. The molecule has 0 atom stereocenters. The van der Waals surface area contributed by atoms with Gasteiger partial charge in [-0.1, -0.05) is 35.9 Å². The average molecular weight is 496 g/mol. The Morgan fingerprint density at radius 3 is 2.11 bits per heavy atom. The molecule has 3 aromatic carbocycles. The first-order chi connectivity index (χ1) is 16.9. The van der Waals surface area contributed by atoms with Crippen molar-refractivity contribution >= 4 is 35.0 Å². The number of anilines is 1. The number of piperazine rings is 1. The van der Waals surface area contributed by atoms with Crippen LogP contribution >= 0.6 is 11.6 Å². The Hall–Kier alpha value is -3.91. The quantitative estimate of drug-likeness (QED) is 0.558. The monoisotopic (exact) mass is 495 g/mol. The molecule has 3 amide bonds. The predicted molar refractivity (Wildman–Crippen MR) is 130 cm³/mol. The predicted octanol–water partition coefficient (Wildman–Crippen LogP) is 4.09. The lowest BCUT2D eigenvalue weighted by Gasteiger charge is -2.35. The fraction of sp³-hybridized carbons (Fsp3) is 0.192. The highest BCUT2D eigenvalue weighted by Gasteiger charge is 2.27. The first-order valence-corrected chi connectivity index (χ1v) is 11.4. The van der Waals surface area contributed by atoms with Crippen LogP contribution in [0.2, 0.25) is 5.02 Å². The maximum Gasteiger partial charge on any atom is 0.262 e. The van der Waals surface area contributed by atoms with Crippen LogP contribution in [0.5, 0.6) is 5.75 Å². The molecule has 0 aliphatic carbocycles. The van der Waals surface area contributed by atoms with E-state index < -0.39 is 11.7 Å². The summed E-state index contributed by atoms with van der Waals surface area (Å²) in [5.41, 5.74) is 0.904. The van der Waals surface area contributed by atoms with E-state index in [9.17, 15) is 18.8 Å². The Kier molecular flexibility index (Phi) is 7.62. The van der Waals surface area contributed by atoms with Crippen LogP contribution in [0.15, 0.2) is 72.8 Å². The molecule has 0 unspecified atom stereocenters. The van der Waals surface area contributed by atoms with Gasteiger partial charge in [-0.2, -0.15) is 0 Å². The van der Waals surface area contributed by atoms with E-state index in [4.69, 9.17) is 16.3 Å². The van der Waals surface area contributed by atoms with E-state index in [0.717, 1.165) is 0 Å². The third kappa shape index (κ3) is 5.96. The van der Waals surface area contributed by atoms with Gasteiger partial charge in [-0.25, -0.2) is 4.39 Å². The minimum atomic E-state index is -0.551. The van der Waals surface area contributed by atoms with Crippen molar-refractivity contribution < 1.29 is 23.5 Å². The van der Waals surface area contributed by atoms with Crippen molar-refractivity contribution in [2.24, 2.45) is 0 Å². The van der Waals surface area contributed by atoms with E-state index >= 15 is 0 Å². The number of ether oxygens (including phenoxy) is 1. The van der Waals surface area contributed by atoms with Crippen molar-refractivity contribution in [1.29, 1.82) is 0 Å². The van der Waals surface area contributed by atoms with Crippen LogP contribution < -0.4 is 10.1 Å². The number of hydrogen-bond donors (Lipinski definition) is 1. The molecule has 7 nitrogen and oxygen atoms in total. The molecule has 0 bridgehead atoms. The van der Waals surface area contributed by atoms with Gasteiger partial charge in [0.05, 0.1) is 11.3 Å². The van der Waals surface area contributed by atoms with Crippen molar-refractivity contribution in [2.45, 2.75) is 0 Å². The number of amides is 3. The lowest BCUT2D eigenvalue weighted by Crippen LogP contribution is -2.50. The standard InChI is InChI=1S/C26H23ClFN3O4/c27-19-11-9-18(10-12-19)25(33)30-13-15-31(16-14-30)26(34)20-5-1-4-8-23(20)35-17-24(32)29-22-7-3-2-6-21(22)28/h1-12H,13-17H2,(H,29,32). The van der Waals surface area contributed by atoms with Gasteiger partial charge in [-0.15, -0.1) is 0 Å². The molecule has 1 N–H and O–H groups in total. The van der Waals surface area contributed by atoms with Crippen LogP contribution in [0.25, 0.3) is 0 Å². The summed E-state index contributed by atoms with van der Waals surface area (Å²) in [6.45, 7) is 1.12. The first kappa shape index (κ1) is 24.2. The summed E-state index contributed by atoms with van der Waals surface area (Å²) in [4.78, 5) is 41.4. The zero-order chi connectivity index (χ0) is 24.8. The summed E-state index contributed by atoms with van der Waals surface area (Å²) >= 11 is 5.89. The van der Waals surface area contributed by atoms with E-state index in [1.54, 1.807) is 64.4 Å². The van der Waals surface area contributed by atoms with Gasteiger partial charge >= 0.3 is 0 Å². The molecule has 180 valence electrons. The number of nitrogens with one attached hydrogen (secondary N) is 1. The molecule has 1 heterocycles. The highest BCUT2D eigenvalue weighted by Crippen LogP contribution is 2.22. The number of para-hydroxylation sites is 2. The molecular weight excluding hydrogens is 473 g/mol. The number of rotatable bonds is 6. The summed E-state index contributed by atoms with van der Waals surface area (Å²) in [5, 5.41) is 3.00. The van der Waals surface area contributed by atoms with E-state index in [0.29, 0.717) is 42.3 Å². The maximum atomic E-state index is 13.7. The van der Waals surface area contributed by atoms with Gasteiger partial charge in [0, 0.05) is 36.8 Å². The fourth-order valence-corrected chi connectivity index (χ4v) is 3.85. The van der Waals surface area contributed by atoms with Crippen molar-refractivity contribution in [3.63, 3.8) is 0 Å². The van der Waals surface area contributed by atoms with Crippen LogP contribution in [-0.2, 0) is 4.79 Å². The Morgan fingerprint density at radius 2 is 1.43 bits per heavy atom. The number of hydrogen-bond acceptors (Lipinski definition) is 4. The third-order valence-corrected chi connectivity index (χ3v) is 5.82. The topological polar surface area (TPSA) is 79.0 Å². The van der Waals surface area contributed by atoms with E-state index in [2.05, 4.69) is 5.32 Å². The molecule has 0 radical (unpaired) electrons. The average Bonchev–Trinajstić information content (AvgIpc) is 2.89. The molecule has 1 fully saturated rings. The summed E-state index contributed by atoms with van der Waals surface area (Å²) < 4.78 is 19.3. The molecule has 0 saturated carbocycles. The van der Waals surface area contributed by atoms with E-state index in [1.807, 2.05) is 0 Å². The minimum absolute atomic E-state index is 0.0523. The smallest absolute Gasteiger partial charge is 0.262 e. The first-order valence-electron chi connectivity index (χ1n) is 11.0. The highest BCUT2D eigenvalue weighted by atomic mass is 35.5. The van der Waals surface area contributed by atoms with Crippen LogP contribution in [0.3, 0.4) is 0 Å². The van der Waals surface area contributed by atoms with Crippen LogP contribution in [0, 0.1) is 5.82 Å². The van der Waals surface area contributed by atoms with Crippen LogP contribution in [-0.4, -0.2) is 60.3 Å². The maximum absolute atomic E-state index is 13.7. The molecule has 35 heavy (non-hydrogen) atoms. The lowest BCUT2D eigenvalue weighted by atomic mass is 10.1. The Balaban J connectivity index is 1.35. The Bertz CT molecular complexity index is 1230. The van der Waals surface area contributed by atoms with Crippen molar-refractivity contribution in [3.8, 4) is 5.75 Å². The largest absolute Gasteiger partial charge is 0.483 e. The van der Waals surface area contributed by atoms with Gasteiger partial charge in [0.25, 0.3) is 17.7 Å². The molecular formula is C26H23ClFN3O4. The number of benzene rings is 3. The number of nitrogens with zero attached hydrogens (tertiary/aromatic N) is 2. The summed E-state index contributed by atoms with van der Waals surface area (Å²) in [5.74, 6) is -1.22. The van der Waals surface area contributed by atoms with Gasteiger partial charge in [0.15, 0.2) is 6.61 Å². The van der Waals surface area contributed by atoms with Gasteiger partial charge in [-0.3, -0.25) is 14.4 Å². The van der Waals surface area contributed by atoms with Gasteiger partial charge in [0.1, 0.15) is 11.6 Å². The molecule has 0 spiro atoms. The molecule has 1 aliphatic rings. The van der Waals surface area contributed by atoms with Gasteiger partial charge < -0.3 is 19.9 Å². The molecule has 3 aromatic rings. The van der Waals surface area contributed by atoms with Crippen molar-refractivity contribution in [1.82, 2.24) is 9.80 Å². The zero-order valence-electron chi connectivity index (χ0n) is 18.7. The molecule has 1 aliphatic heterocycles. The summed E-state index contributed by atoms with van der Waals surface area (Å²) in [7, 11) is 0. The second-order valence-corrected chi connectivity index (χ2v) is 8.34. The highest BCUT2D eigenvalue weighted by molar-refractivity contribution is 6.30. The molecule has 9 heteroatoms. The second-order valence-electron chi connectivity index (χ2n) is 7.90. The number of carbonyl (C=O) groups is 3. The SMILES string of the molecule is O=C(COc1ccccc1C(=O)N1CCN(C(=O)c2ccc(Cl)cc2)CC1)Nc1ccccc1F. The number of halogens is 2.